The fourth-order valence-electron chi connectivity index (χ4n) is 1.23. The summed E-state index contributed by atoms with van der Waals surface area (Å²) in [7, 11) is 0. The summed E-state index contributed by atoms with van der Waals surface area (Å²) < 4.78 is 5.36. The van der Waals surface area contributed by atoms with E-state index in [0.717, 1.165) is 5.56 Å². The van der Waals surface area contributed by atoms with Crippen LogP contribution in [0, 0.1) is 0 Å². The third kappa shape index (κ3) is 3.01. The molecule has 0 radical (unpaired) electrons. The summed E-state index contributed by atoms with van der Waals surface area (Å²) >= 11 is 0. The van der Waals surface area contributed by atoms with Gasteiger partial charge in [-0.1, -0.05) is 30.3 Å². The van der Waals surface area contributed by atoms with Gasteiger partial charge >= 0.3 is 5.97 Å². The minimum Gasteiger partial charge on any atom is -0.476 e. The van der Waals surface area contributed by atoms with Crippen LogP contribution in [0.2, 0.25) is 0 Å². The van der Waals surface area contributed by atoms with Crippen LogP contribution < -0.4 is 4.74 Å². The molecule has 1 aromatic carbocycles. The lowest BCUT2D eigenvalue weighted by molar-refractivity contribution is 0.0689. The molecular formula is C12H10N2O3. The maximum atomic E-state index is 10.5. The number of carboxylic acid groups (broad SMARTS) is 1. The van der Waals surface area contributed by atoms with E-state index in [-0.39, 0.29) is 5.69 Å². The van der Waals surface area contributed by atoms with Gasteiger partial charge in [0.05, 0.1) is 12.4 Å². The Bertz CT molecular complexity index is 497. The molecule has 17 heavy (non-hydrogen) atoms. The van der Waals surface area contributed by atoms with Crippen molar-refractivity contribution < 1.29 is 14.6 Å². The number of carboxylic acids is 1. The Morgan fingerprint density at radius 3 is 2.53 bits per heavy atom. The van der Waals surface area contributed by atoms with E-state index in [9.17, 15) is 4.79 Å². The lowest BCUT2D eigenvalue weighted by atomic mass is 10.2. The molecule has 1 aromatic heterocycles. The van der Waals surface area contributed by atoms with Crippen LogP contribution in [0.25, 0.3) is 0 Å². The second-order valence-electron chi connectivity index (χ2n) is 3.32. The van der Waals surface area contributed by atoms with Gasteiger partial charge in [0.25, 0.3) is 0 Å². The molecule has 0 fully saturated rings. The first-order valence-corrected chi connectivity index (χ1v) is 4.98. The van der Waals surface area contributed by atoms with Crippen LogP contribution in [0.1, 0.15) is 16.1 Å². The van der Waals surface area contributed by atoms with Crippen molar-refractivity contribution in [2.75, 3.05) is 0 Å². The zero-order chi connectivity index (χ0) is 12.1. The predicted octanol–water partition coefficient (Wildman–Crippen LogP) is 1.75. The second-order valence-corrected chi connectivity index (χ2v) is 3.32. The topological polar surface area (TPSA) is 72.3 Å². The quantitative estimate of drug-likeness (QED) is 0.866. The molecule has 1 N–H and O–H groups in total. The Morgan fingerprint density at radius 2 is 1.94 bits per heavy atom. The average molecular weight is 230 g/mol. The van der Waals surface area contributed by atoms with Gasteiger partial charge in [0.1, 0.15) is 6.61 Å². The first-order valence-electron chi connectivity index (χ1n) is 4.98. The number of hydrogen-bond acceptors (Lipinski definition) is 4. The van der Waals surface area contributed by atoms with Crippen molar-refractivity contribution in [1.29, 1.82) is 0 Å². The van der Waals surface area contributed by atoms with Crippen molar-refractivity contribution in [2.45, 2.75) is 6.61 Å². The summed E-state index contributed by atoms with van der Waals surface area (Å²) in [4.78, 5) is 18.1. The van der Waals surface area contributed by atoms with Crippen LogP contribution in [0.5, 0.6) is 5.88 Å². The van der Waals surface area contributed by atoms with E-state index in [4.69, 9.17) is 9.84 Å². The smallest absolute Gasteiger partial charge is 0.356 e. The number of ether oxygens (including phenoxy) is 1. The number of aromatic carboxylic acids is 1. The SMILES string of the molecule is O=C(O)c1cnc(OCc2ccccc2)cn1. The highest BCUT2D eigenvalue weighted by Crippen LogP contribution is 2.07. The van der Waals surface area contributed by atoms with E-state index in [0.29, 0.717) is 12.5 Å². The van der Waals surface area contributed by atoms with Crippen LogP contribution >= 0.6 is 0 Å². The molecule has 86 valence electrons. The van der Waals surface area contributed by atoms with E-state index in [1.54, 1.807) is 0 Å². The predicted molar refractivity (Wildman–Crippen MR) is 59.8 cm³/mol. The fourth-order valence-corrected chi connectivity index (χ4v) is 1.23. The third-order valence-corrected chi connectivity index (χ3v) is 2.08. The molecule has 0 bridgehead atoms. The van der Waals surface area contributed by atoms with Gasteiger partial charge in [-0.3, -0.25) is 0 Å². The molecule has 5 heteroatoms. The molecule has 0 amide bonds. The van der Waals surface area contributed by atoms with Crippen LogP contribution in [-0.2, 0) is 6.61 Å². The molecule has 0 aliphatic carbocycles. The number of hydrogen-bond donors (Lipinski definition) is 1. The summed E-state index contributed by atoms with van der Waals surface area (Å²) in [6.07, 6.45) is 2.47. The van der Waals surface area contributed by atoms with Crippen molar-refractivity contribution in [2.24, 2.45) is 0 Å². The van der Waals surface area contributed by atoms with Gasteiger partial charge in [-0.05, 0) is 5.56 Å². The molecule has 0 unspecified atom stereocenters. The summed E-state index contributed by atoms with van der Waals surface area (Å²) in [6.45, 7) is 0.377. The Balaban J connectivity index is 1.98. The van der Waals surface area contributed by atoms with Crippen molar-refractivity contribution in [3.63, 3.8) is 0 Å². The van der Waals surface area contributed by atoms with Crippen LogP contribution in [-0.4, -0.2) is 21.0 Å². The minimum absolute atomic E-state index is 0.0999. The zero-order valence-corrected chi connectivity index (χ0v) is 8.91. The van der Waals surface area contributed by atoms with Gasteiger partial charge in [0.15, 0.2) is 5.69 Å². The molecule has 0 spiro atoms. The van der Waals surface area contributed by atoms with Gasteiger partial charge in [0, 0.05) is 0 Å². The highest BCUT2D eigenvalue weighted by molar-refractivity contribution is 5.84. The monoisotopic (exact) mass is 230 g/mol. The Kier molecular flexibility index (Phi) is 3.30. The molecule has 1 heterocycles. The normalized spacial score (nSPS) is 9.88. The van der Waals surface area contributed by atoms with Gasteiger partial charge < -0.3 is 9.84 Å². The summed E-state index contributed by atoms with van der Waals surface area (Å²) in [5.41, 5.74) is 0.911. The molecule has 5 nitrogen and oxygen atoms in total. The van der Waals surface area contributed by atoms with E-state index in [2.05, 4.69) is 9.97 Å². The molecule has 0 saturated carbocycles. The number of benzene rings is 1. The van der Waals surface area contributed by atoms with Crippen LogP contribution in [0.3, 0.4) is 0 Å². The lowest BCUT2D eigenvalue weighted by Gasteiger charge is -2.04. The van der Waals surface area contributed by atoms with Crippen LogP contribution in [0.15, 0.2) is 42.7 Å². The van der Waals surface area contributed by atoms with Gasteiger partial charge in [-0.15, -0.1) is 0 Å². The maximum absolute atomic E-state index is 10.5. The van der Waals surface area contributed by atoms with Crippen molar-refractivity contribution in [1.82, 2.24) is 9.97 Å². The number of carbonyl (C=O) groups is 1. The number of rotatable bonds is 4. The highest BCUT2D eigenvalue weighted by Gasteiger charge is 2.05. The maximum Gasteiger partial charge on any atom is 0.356 e. The van der Waals surface area contributed by atoms with Crippen LogP contribution in [0.4, 0.5) is 0 Å². The Labute approximate surface area is 97.7 Å². The molecular weight excluding hydrogens is 220 g/mol. The average Bonchev–Trinajstić information content (AvgIpc) is 2.38. The van der Waals surface area contributed by atoms with Gasteiger partial charge in [-0.25, -0.2) is 14.8 Å². The van der Waals surface area contributed by atoms with E-state index >= 15 is 0 Å². The summed E-state index contributed by atoms with van der Waals surface area (Å²) in [6, 6.07) is 9.61. The molecule has 0 aliphatic rings. The van der Waals surface area contributed by atoms with Crippen molar-refractivity contribution in [3.05, 3.63) is 54.0 Å². The molecule has 0 saturated heterocycles. The fraction of sp³-hybridized carbons (Fsp3) is 0.0833. The second kappa shape index (κ2) is 5.07. The summed E-state index contributed by atoms with van der Waals surface area (Å²) in [5.74, 6) is -0.800. The molecule has 2 aromatic rings. The third-order valence-electron chi connectivity index (χ3n) is 2.08. The lowest BCUT2D eigenvalue weighted by Crippen LogP contribution is -2.03. The first-order chi connectivity index (χ1) is 8.25. The standard InChI is InChI=1S/C12H10N2O3/c15-12(16)10-6-14-11(7-13-10)17-8-9-4-2-1-3-5-9/h1-7H,8H2,(H,15,16). The van der Waals surface area contributed by atoms with Crippen molar-refractivity contribution >= 4 is 5.97 Å². The first kappa shape index (κ1) is 11.1. The zero-order valence-electron chi connectivity index (χ0n) is 8.91. The Hall–Kier alpha value is -2.43. The van der Waals surface area contributed by atoms with Gasteiger partial charge in [-0.2, -0.15) is 0 Å². The molecule has 2 rings (SSSR count). The van der Waals surface area contributed by atoms with Gasteiger partial charge in [0.2, 0.25) is 5.88 Å². The minimum atomic E-state index is -1.10. The highest BCUT2D eigenvalue weighted by atomic mass is 16.5. The van der Waals surface area contributed by atoms with E-state index < -0.39 is 5.97 Å². The Morgan fingerprint density at radius 1 is 1.18 bits per heavy atom. The van der Waals surface area contributed by atoms with E-state index in [1.807, 2.05) is 30.3 Å². The molecule has 0 atom stereocenters. The molecule has 0 aliphatic heterocycles. The number of aromatic nitrogens is 2. The summed E-state index contributed by atoms with van der Waals surface area (Å²) in [5, 5.41) is 8.64. The van der Waals surface area contributed by atoms with Crippen molar-refractivity contribution in [3.8, 4) is 5.88 Å². The van der Waals surface area contributed by atoms with E-state index in [1.165, 1.54) is 12.4 Å². The largest absolute Gasteiger partial charge is 0.476 e. The number of nitrogens with zero attached hydrogens (tertiary/aromatic N) is 2.